The van der Waals surface area contributed by atoms with E-state index in [-0.39, 0.29) is 24.3 Å². The maximum absolute atomic E-state index is 13.9. The molecule has 228 valence electrons. The highest BCUT2D eigenvalue weighted by atomic mass is 32.2. The summed E-state index contributed by atoms with van der Waals surface area (Å²) in [5.41, 5.74) is 1.99. The molecule has 0 spiro atoms. The van der Waals surface area contributed by atoms with Gasteiger partial charge in [0.2, 0.25) is 5.91 Å². The van der Waals surface area contributed by atoms with E-state index in [4.69, 9.17) is 9.47 Å². The monoisotopic (exact) mass is 604 g/mol. The fourth-order valence-electron chi connectivity index (χ4n) is 4.96. The Bertz CT molecular complexity index is 1320. The Morgan fingerprint density at radius 3 is 2.07 bits per heavy atom. The Morgan fingerprint density at radius 2 is 1.51 bits per heavy atom. The van der Waals surface area contributed by atoms with Gasteiger partial charge in [0.05, 0.1) is 18.2 Å². The average molecular weight is 605 g/mol. The van der Waals surface area contributed by atoms with Gasteiger partial charge in [0, 0.05) is 38.1 Å². The minimum absolute atomic E-state index is 0.0661. The standard InChI is InChI=1S/C33H40N4O5S/c1-5-41-31(39)26-17-12-18-34-29(26)43-23-27(35-32(40)42-33(2,3)4)30(38)37-21-19-36(20-22-37)28(24-13-8-6-9-14-24)25-15-10-7-11-16-25/h6-18,27-28H,5,19-23H2,1-4H3,(H,35,40)/t27-/m0/s1. The number of thioether (sulfide) groups is 1. The average Bonchev–Trinajstić information content (AvgIpc) is 3.00. The lowest BCUT2D eigenvalue weighted by Gasteiger charge is -2.40. The van der Waals surface area contributed by atoms with Crippen molar-refractivity contribution in [3.8, 4) is 0 Å². The van der Waals surface area contributed by atoms with Crippen molar-refractivity contribution >= 4 is 29.7 Å². The fourth-order valence-corrected chi connectivity index (χ4v) is 5.96. The van der Waals surface area contributed by atoms with Crippen LogP contribution in [-0.4, -0.2) is 82.9 Å². The van der Waals surface area contributed by atoms with Crippen LogP contribution in [0.25, 0.3) is 0 Å². The Hall–Kier alpha value is -3.89. The zero-order valence-electron chi connectivity index (χ0n) is 25.2. The highest BCUT2D eigenvalue weighted by molar-refractivity contribution is 7.99. The first-order valence-electron chi connectivity index (χ1n) is 14.5. The van der Waals surface area contributed by atoms with Crippen molar-refractivity contribution in [2.24, 2.45) is 0 Å². The molecule has 1 N–H and O–H groups in total. The molecule has 0 bridgehead atoms. The Balaban J connectivity index is 1.49. The number of carbonyl (C=O) groups is 3. The van der Waals surface area contributed by atoms with E-state index in [1.54, 1.807) is 50.9 Å². The van der Waals surface area contributed by atoms with Gasteiger partial charge >= 0.3 is 12.1 Å². The topological polar surface area (TPSA) is 101 Å². The van der Waals surface area contributed by atoms with Crippen molar-refractivity contribution in [3.05, 3.63) is 95.7 Å². The van der Waals surface area contributed by atoms with Crippen molar-refractivity contribution in [2.75, 3.05) is 38.5 Å². The van der Waals surface area contributed by atoms with Gasteiger partial charge in [-0.15, -0.1) is 11.8 Å². The number of hydrogen-bond donors (Lipinski definition) is 1. The number of piperazine rings is 1. The van der Waals surface area contributed by atoms with Crippen LogP contribution in [0.5, 0.6) is 0 Å². The number of benzene rings is 2. The molecule has 1 fully saturated rings. The maximum Gasteiger partial charge on any atom is 0.408 e. The van der Waals surface area contributed by atoms with E-state index < -0.39 is 23.7 Å². The number of rotatable bonds is 10. The van der Waals surface area contributed by atoms with Crippen LogP contribution in [0.15, 0.2) is 84.0 Å². The summed E-state index contributed by atoms with van der Waals surface area (Å²) < 4.78 is 10.6. The summed E-state index contributed by atoms with van der Waals surface area (Å²) in [6, 6.07) is 23.2. The summed E-state index contributed by atoms with van der Waals surface area (Å²) in [5.74, 6) is -0.524. The van der Waals surface area contributed by atoms with Gasteiger partial charge < -0.3 is 19.7 Å². The number of nitrogens with one attached hydrogen (secondary N) is 1. The molecule has 2 amide bonds. The summed E-state index contributed by atoms with van der Waals surface area (Å²) in [5, 5.41) is 3.20. The second kappa shape index (κ2) is 15.0. The van der Waals surface area contributed by atoms with Crippen LogP contribution in [0, 0.1) is 0 Å². The Morgan fingerprint density at radius 1 is 0.907 bits per heavy atom. The maximum atomic E-state index is 13.9. The summed E-state index contributed by atoms with van der Waals surface area (Å²) in [7, 11) is 0. The van der Waals surface area contributed by atoms with E-state index in [1.165, 1.54) is 22.9 Å². The molecule has 1 saturated heterocycles. The highest BCUT2D eigenvalue weighted by Crippen LogP contribution is 2.30. The first-order chi connectivity index (χ1) is 20.7. The van der Waals surface area contributed by atoms with Gasteiger partial charge in [0.1, 0.15) is 16.7 Å². The van der Waals surface area contributed by atoms with Crippen molar-refractivity contribution < 1.29 is 23.9 Å². The molecular weight excluding hydrogens is 564 g/mol. The number of nitrogens with zero attached hydrogens (tertiary/aromatic N) is 3. The van der Waals surface area contributed by atoms with Gasteiger partial charge in [0.25, 0.3) is 0 Å². The van der Waals surface area contributed by atoms with Gasteiger partial charge in [-0.1, -0.05) is 60.7 Å². The van der Waals surface area contributed by atoms with Crippen LogP contribution in [0.3, 0.4) is 0 Å². The molecule has 0 unspecified atom stereocenters. The summed E-state index contributed by atoms with van der Waals surface area (Å²) in [4.78, 5) is 47.6. The fraction of sp³-hybridized carbons (Fsp3) is 0.394. The number of amides is 2. The molecule has 0 aliphatic carbocycles. The van der Waals surface area contributed by atoms with Crippen LogP contribution in [0.2, 0.25) is 0 Å². The Labute approximate surface area is 258 Å². The van der Waals surface area contributed by atoms with Crippen LogP contribution >= 0.6 is 11.8 Å². The predicted octanol–water partition coefficient (Wildman–Crippen LogP) is 5.18. The number of esters is 1. The van der Waals surface area contributed by atoms with E-state index in [9.17, 15) is 14.4 Å². The molecule has 3 aromatic rings. The predicted molar refractivity (Wildman–Crippen MR) is 167 cm³/mol. The molecule has 0 radical (unpaired) electrons. The summed E-state index contributed by atoms with van der Waals surface area (Å²) >= 11 is 1.22. The SMILES string of the molecule is CCOC(=O)c1cccnc1SC[C@H](NC(=O)OC(C)(C)C)C(=O)N1CCN(C(c2ccccc2)c2ccccc2)CC1. The van der Waals surface area contributed by atoms with E-state index >= 15 is 0 Å². The van der Waals surface area contributed by atoms with E-state index in [1.807, 2.05) is 36.4 Å². The molecular formula is C33H40N4O5S. The molecule has 4 rings (SSSR count). The van der Waals surface area contributed by atoms with Gasteiger partial charge in [-0.2, -0.15) is 0 Å². The van der Waals surface area contributed by atoms with Gasteiger partial charge in [-0.3, -0.25) is 9.69 Å². The number of hydrogen-bond acceptors (Lipinski definition) is 8. The van der Waals surface area contributed by atoms with Gasteiger partial charge in [0.15, 0.2) is 0 Å². The molecule has 2 heterocycles. The van der Waals surface area contributed by atoms with E-state index in [0.29, 0.717) is 36.8 Å². The highest BCUT2D eigenvalue weighted by Gasteiger charge is 2.33. The van der Waals surface area contributed by atoms with E-state index in [2.05, 4.69) is 39.5 Å². The summed E-state index contributed by atoms with van der Waals surface area (Å²) in [6.07, 6.45) is 0.906. The van der Waals surface area contributed by atoms with Gasteiger partial charge in [-0.05, 0) is 51.0 Å². The number of pyridine rings is 1. The van der Waals surface area contributed by atoms with Gasteiger partial charge in [-0.25, -0.2) is 14.6 Å². The lowest BCUT2D eigenvalue weighted by Crippen LogP contribution is -2.56. The van der Waals surface area contributed by atoms with Crippen molar-refractivity contribution in [3.63, 3.8) is 0 Å². The van der Waals surface area contributed by atoms with Crippen LogP contribution in [0.1, 0.15) is 55.2 Å². The third-order valence-corrected chi connectivity index (χ3v) is 7.96. The molecule has 10 heteroatoms. The molecule has 1 aliphatic rings. The normalized spacial score (nSPS) is 14.7. The number of carbonyl (C=O) groups excluding carboxylic acids is 3. The minimum Gasteiger partial charge on any atom is -0.462 e. The molecule has 0 saturated carbocycles. The molecule has 2 aromatic carbocycles. The molecule has 9 nitrogen and oxygen atoms in total. The lowest BCUT2D eigenvalue weighted by atomic mass is 9.96. The molecule has 1 aromatic heterocycles. The second-order valence-corrected chi connectivity index (χ2v) is 12.2. The molecule has 1 atom stereocenters. The lowest BCUT2D eigenvalue weighted by molar-refractivity contribution is -0.134. The Kier molecular flexibility index (Phi) is 11.2. The minimum atomic E-state index is -0.887. The number of aromatic nitrogens is 1. The largest absolute Gasteiger partial charge is 0.462 e. The number of ether oxygens (including phenoxy) is 2. The first-order valence-corrected chi connectivity index (χ1v) is 15.5. The zero-order valence-corrected chi connectivity index (χ0v) is 26.0. The quantitative estimate of drug-likeness (QED) is 0.250. The third-order valence-electron chi connectivity index (χ3n) is 6.86. The smallest absolute Gasteiger partial charge is 0.408 e. The number of alkyl carbamates (subject to hydrolysis) is 1. The zero-order chi connectivity index (χ0) is 30.8. The van der Waals surface area contributed by atoms with Crippen molar-refractivity contribution in [1.82, 2.24) is 20.1 Å². The second-order valence-electron chi connectivity index (χ2n) is 11.2. The van der Waals surface area contributed by atoms with Crippen LogP contribution in [0.4, 0.5) is 4.79 Å². The van der Waals surface area contributed by atoms with Crippen LogP contribution in [-0.2, 0) is 14.3 Å². The first kappa shape index (κ1) is 32.0. The molecule has 1 aliphatic heterocycles. The third kappa shape index (κ3) is 9.05. The summed E-state index contributed by atoms with van der Waals surface area (Å²) in [6.45, 7) is 9.63. The van der Waals surface area contributed by atoms with Crippen LogP contribution < -0.4 is 5.32 Å². The van der Waals surface area contributed by atoms with Crippen molar-refractivity contribution in [1.29, 1.82) is 0 Å². The van der Waals surface area contributed by atoms with Crippen molar-refractivity contribution in [2.45, 2.75) is 50.4 Å². The molecule has 43 heavy (non-hydrogen) atoms. The van der Waals surface area contributed by atoms with E-state index in [0.717, 1.165) is 0 Å².